The number of anilines is 1. The maximum Gasteiger partial charge on any atom is 0.345 e. The minimum Gasteiger partial charge on any atom is -0.462 e. The van der Waals surface area contributed by atoms with Gasteiger partial charge in [0.15, 0.2) is 17.3 Å². The van der Waals surface area contributed by atoms with Crippen LogP contribution in [0.3, 0.4) is 0 Å². The van der Waals surface area contributed by atoms with Gasteiger partial charge in [0.2, 0.25) is 5.43 Å². The highest BCUT2D eigenvalue weighted by Crippen LogP contribution is 2.32. The van der Waals surface area contributed by atoms with Crippen LogP contribution < -0.4 is 15.6 Å². The molecule has 0 spiro atoms. The Bertz CT molecular complexity index is 1360. The highest BCUT2D eigenvalue weighted by Gasteiger charge is 2.26. The number of carbonyl (C=O) groups is 1. The predicted molar refractivity (Wildman–Crippen MR) is 115 cm³/mol. The first-order valence-corrected chi connectivity index (χ1v) is 10.6. The Morgan fingerprint density at radius 2 is 2.07 bits per heavy atom. The third-order valence-corrected chi connectivity index (χ3v) is 6.39. The van der Waals surface area contributed by atoms with Crippen molar-refractivity contribution in [1.29, 1.82) is 0 Å². The predicted octanol–water partition coefficient (Wildman–Crippen LogP) is 2.79. The van der Waals surface area contributed by atoms with Crippen molar-refractivity contribution in [3.63, 3.8) is 0 Å². The summed E-state index contributed by atoms with van der Waals surface area (Å²) in [5, 5.41) is 3.30. The van der Waals surface area contributed by atoms with Crippen LogP contribution in [-0.2, 0) is 4.74 Å². The molecule has 9 heteroatoms. The molecule has 4 aromatic rings. The molecule has 1 saturated heterocycles. The molecular weight excluding hydrogens is 407 g/mol. The number of benzene rings is 1. The Balaban J connectivity index is 1.91. The van der Waals surface area contributed by atoms with Crippen LogP contribution in [0, 0.1) is 5.82 Å². The molecule has 1 fully saturated rings. The number of fused-ring (bicyclic) bond motifs is 5. The van der Waals surface area contributed by atoms with E-state index >= 15 is 4.39 Å². The number of hydrogen-bond acceptors (Lipinski definition) is 7. The number of esters is 1. The first-order valence-electron chi connectivity index (χ1n) is 9.79. The molecule has 0 radical (unpaired) electrons. The van der Waals surface area contributed by atoms with Gasteiger partial charge in [-0.2, -0.15) is 0 Å². The van der Waals surface area contributed by atoms with Crippen LogP contribution >= 0.6 is 11.3 Å². The van der Waals surface area contributed by atoms with Gasteiger partial charge in [-0.25, -0.2) is 14.2 Å². The number of ether oxygens (including phenoxy) is 1. The molecule has 4 heterocycles. The van der Waals surface area contributed by atoms with Gasteiger partial charge in [0, 0.05) is 26.2 Å². The number of pyridine rings is 2. The van der Waals surface area contributed by atoms with Gasteiger partial charge < -0.3 is 15.0 Å². The molecule has 30 heavy (non-hydrogen) atoms. The average Bonchev–Trinajstić information content (AvgIpc) is 3.13. The second kappa shape index (κ2) is 7.33. The minimum absolute atomic E-state index is 0.0653. The van der Waals surface area contributed by atoms with E-state index in [0.29, 0.717) is 23.6 Å². The lowest BCUT2D eigenvalue weighted by atomic mass is 10.1. The second-order valence-corrected chi connectivity index (χ2v) is 8.07. The number of nitrogens with zero attached hydrogens (tertiary/aromatic N) is 3. The summed E-state index contributed by atoms with van der Waals surface area (Å²) in [6.45, 7) is 4.54. The van der Waals surface area contributed by atoms with Gasteiger partial charge >= 0.3 is 5.97 Å². The third-order valence-electron chi connectivity index (χ3n) is 5.25. The fourth-order valence-electron chi connectivity index (χ4n) is 3.88. The normalized spacial score (nSPS) is 14.7. The molecule has 154 valence electrons. The molecular formula is C21H19FN4O3S. The first-order chi connectivity index (χ1) is 14.6. The van der Waals surface area contributed by atoms with Crippen molar-refractivity contribution in [1.82, 2.24) is 14.7 Å². The standard InChI is InChI=1S/C21H19FN4O3S/c1-2-29-21(28)16-17(27)12-11-13(22)19(25-9-7-23-8-10-25)24-18(12)26-14-5-3-4-6-15(14)30-20(16)26/h3-6,11,23H,2,7-10H2,1H3. The lowest BCUT2D eigenvalue weighted by molar-refractivity contribution is 0.0527. The van der Waals surface area contributed by atoms with Gasteiger partial charge in [-0.1, -0.05) is 12.1 Å². The minimum atomic E-state index is -0.708. The second-order valence-electron chi connectivity index (χ2n) is 7.04. The van der Waals surface area contributed by atoms with Crippen molar-refractivity contribution in [3.8, 4) is 0 Å². The maximum absolute atomic E-state index is 15.0. The van der Waals surface area contributed by atoms with Crippen LogP contribution in [-0.4, -0.2) is 48.1 Å². The van der Waals surface area contributed by atoms with E-state index in [1.54, 1.807) is 11.3 Å². The summed E-state index contributed by atoms with van der Waals surface area (Å²) in [5.41, 5.74) is 0.504. The molecule has 1 aliphatic rings. The number of rotatable bonds is 3. The Labute approximate surface area is 174 Å². The van der Waals surface area contributed by atoms with Crippen molar-refractivity contribution in [2.24, 2.45) is 0 Å². The van der Waals surface area contributed by atoms with Crippen molar-refractivity contribution in [2.75, 3.05) is 37.7 Å². The molecule has 1 N–H and O–H groups in total. The van der Waals surface area contributed by atoms with E-state index in [-0.39, 0.29) is 23.4 Å². The van der Waals surface area contributed by atoms with E-state index in [2.05, 4.69) is 10.3 Å². The lowest BCUT2D eigenvalue weighted by Gasteiger charge is -2.28. The molecule has 1 aliphatic heterocycles. The molecule has 0 bridgehead atoms. The van der Waals surface area contributed by atoms with Crippen LogP contribution in [0.5, 0.6) is 0 Å². The number of para-hydroxylation sites is 1. The molecule has 0 saturated carbocycles. The van der Waals surface area contributed by atoms with Crippen LogP contribution in [0.1, 0.15) is 17.3 Å². The number of aromatic nitrogens is 2. The highest BCUT2D eigenvalue weighted by molar-refractivity contribution is 7.24. The number of carbonyl (C=O) groups excluding carboxylic acids is 1. The summed E-state index contributed by atoms with van der Waals surface area (Å²) >= 11 is 1.32. The number of halogens is 1. The van der Waals surface area contributed by atoms with Gasteiger partial charge in [-0.05, 0) is 25.1 Å². The Hall–Kier alpha value is -3.04. The smallest absolute Gasteiger partial charge is 0.345 e. The van der Waals surface area contributed by atoms with Gasteiger partial charge in [0.25, 0.3) is 0 Å². The van der Waals surface area contributed by atoms with E-state index in [0.717, 1.165) is 23.3 Å². The SMILES string of the molecule is CCOC(=O)c1c(=O)c2cc(F)c(N3CCNCC3)nc2n2c1sc1ccccc12. The quantitative estimate of drug-likeness (QED) is 0.508. The number of thiazole rings is 1. The van der Waals surface area contributed by atoms with Crippen LogP contribution in [0.4, 0.5) is 10.2 Å². The summed E-state index contributed by atoms with van der Waals surface area (Å²) in [6, 6.07) is 8.78. The fourth-order valence-corrected chi connectivity index (χ4v) is 5.05. The molecule has 0 unspecified atom stereocenters. The monoisotopic (exact) mass is 426 g/mol. The van der Waals surface area contributed by atoms with Crippen LogP contribution in [0.2, 0.25) is 0 Å². The lowest BCUT2D eigenvalue weighted by Crippen LogP contribution is -2.44. The van der Waals surface area contributed by atoms with E-state index in [4.69, 9.17) is 4.74 Å². The molecule has 0 atom stereocenters. The average molecular weight is 426 g/mol. The zero-order chi connectivity index (χ0) is 20.8. The Morgan fingerprint density at radius 1 is 1.30 bits per heavy atom. The van der Waals surface area contributed by atoms with Crippen molar-refractivity contribution < 1.29 is 13.9 Å². The first kappa shape index (κ1) is 19.0. The van der Waals surface area contributed by atoms with Gasteiger partial charge in [0.1, 0.15) is 10.4 Å². The molecule has 0 amide bonds. The fraction of sp³-hybridized carbons (Fsp3) is 0.286. The summed E-state index contributed by atoms with van der Waals surface area (Å²) in [4.78, 5) is 32.8. The summed E-state index contributed by atoms with van der Waals surface area (Å²) in [7, 11) is 0. The van der Waals surface area contributed by atoms with Crippen LogP contribution in [0.25, 0.3) is 26.1 Å². The van der Waals surface area contributed by atoms with E-state index in [1.165, 1.54) is 17.4 Å². The largest absolute Gasteiger partial charge is 0.462 e. The topological polar surface area (TPSA) is 75.9 Å². The molecule has 0 aliphatic carbocycles. The highest BCUT2D eigenvalue weighted by atomic mass is 32.1. The van der Waals surface area contributed by atoms with Crippen molar-refractivity contribution in [2.45, 2.75) is 6.92 Å². The third kappa shape index (κ3) is 2.85. The summed E-state index contributed by atoms with van der Waals surface area (Å²) in [6.07, 6.45) is 0. The Morgan fingerprint density at radius 3 is 2.83 bits per heavy atom. The maximum atomic E-state index is 15.0. The van der Waals surface area contributed by atoms with Crippen molar-refractivity contribution in [3.05, 3.63) is 51.9 Å². The zero-order valence-electron chi connectivity index (χ0n) is 16.3. The van der Waals surface area contributed by atoms with Gasteiger partial charge in [-0.15, -0.1) is 11.3 Å². The summed E-state index contributed by atoms with van der Waals surface area (Å²) in [5.74, 6) is -1.06. The van der Waals surface area contributed by atoms with Gasteiger partial charge in [0.05, 0.1) is 22.2 Å². The molecule has 7 nitrogen and oxygen atoms in total. The van der Waals surface area contributed by atoms with E-state index in [9.17, 15) is 9.59 Å². The Kier molecular flexibility index (Phi) is 4.63. The van der Waals surface area contributed by atoms with Crippen LogP contribution in [0.15, 0.2) is 35.1 Å². The molecule has 1 aromatic carbocycles. The van der Waals surface area contributed by atoms with E-state index < -0.39 is 17.2 Å². The number of hydrogen-bond donors (Lipinski definition) is 1. The summed E-state index contributed by atoms with van der Waals surface area (Å²) < 4.78 is 22.8. The zero-order valence-corrected chi connectivity index (χ0v) is 17.1. The van der Waals surface area contributed by atoms with E-state index in [1.807, 2.05) is 29.2 Å². The van der Waals surface area contributed by atoms with Crippen molar-refractivity contribution >= 4 is 49.2 Å². The number of nitrogens with one attached hydrogen (secondary N) is 1. The number of piperazine rings is 1. The van der Waals surface area contributed by atoms with Gasteiger partial charge in [-0.3, -0.25) is 9.20 Å². The molecule has 3 aromatic heterocycles. The molecule has 5 rings (SSSR count).